The van der Waals surface area contributed by atoms with E-state index in [9.17, 15) is 24.9 Å². The summed E-state index contributed by atoms with van der Waals surface area (Å²) in [5.41, 5.74) is 0. The first-order valence-electron chi connectivity index (χ1n) is 6.21. The number of rotatable bonds is 6. The molecule has 1 unspecified atom stereocenters. The van der Waals surface area contributed by atoms with Crippen molar-refractivity contribution in [1.82, 2.24) is 15.1 Å². The molecule has 0 aliphatic carbocycles. The zero-order valence-electron chi connectivity index (χ0n) is 11.4. The van der Waals surface area contributed by atoms with E-state index in [1.54, 1.807) is 0 Å². The van der Waals surface area contributed by atoms with Gasteiger partial charge in [0, 0.05) is 20.6 Å². The Kier molecular flexibility index (Phi) is 5.84. The minimum Gasteiger partial charge on any atom is -0.394 e. The van der Waals surface area contributed by atoms with Crippen LogP contribution in [0.1, 0.15) is 6.42 Å². The van der Waals surface area contributed by atoms with Crippen LogP contribution in [0.5, 0.6) is 0 Å². The van der Waals surface area contributed by atoms with Gasteiger partial charge in [-0.15, -0.1) is 0 Å². The van der Waals surface area contributed by atoms with Gasteiger partial charge in [0.1, 0.15) is 12.2 Å². The number of aliphatic hydroxyl groups is 4. The van der Waals surface area contributed by atoms with Crippen LogP contribution in [0.15, 0.2) is 0 Å². The molecule has 1 fully saturated rings. The average Bonchev–Trinajstić information content (AvgIpc) is 2.45. The van der Waals surface area contributed by atoms with Gasteiger partial charge in [0.25, 0.3) is 0 Å². The van der Waals surface area contributed by atoms with Crippen molar-refractivity contribution in [3.05, 3.63) is 0 Å². The van der Waals surface area contributed by atoms with Gasteiger partial charge in [-0.05, 0) is 0 Å². The van der Waals surface area contributed by atoms with Gasteiger partial charge >= 0.3 is 6.03 Å². The molecule has 1 saturated heterocycles. The third-order valence-corrected chi connectivity index (χ3v) is 3.34. The molecule has 0 radical (unpaired) electrons. The molecule has 0 aromatic rings. The smallest absolute Gasteiger partial charge is 0.327 e. The van der Waals surface area contributed by atoms with Gasteiger partial charge < -0.3 is 25.3 Å². The average molecular weight is 291 g/mol. The molecule has 1 aliphatic rings. The number of imide groups is 1. The van der Waals surface area contributed by atoms with E-state index in [0.29, 0.717) is 0 Å². The summed E-state index contributed by atoms with van der Waals surface area (Å²) >= 11 is 0. The minimum atomic E-state index is -1.52. The van der Waals surface area contributed by atoms with Gasteiger partial charge in [-0.3, -0.25) is 15.0 Å². The SMILES string of the molecule is CN1C(=O)CC(NC[C@@H](O)[C@H](O)[C@H](O)CO)N(C)C1=O. The number of hydrogen-bond acceptors (Lipinski definition) is 7. The van der Waals surface area contributed by atoms with Crippen molar-refractivity contribution >= 4 is 11.9 Å². The molecule has 3 amide bonds. The Bertz CT molecular complexity index is 366. The summed E-state index contributed by atoms with van der Waals surface area (Å²) in [5, 5.41) is 39.7. The maximum Gasteiger partial charge on any atom is 0.327 e. The Morgan fingerprint density at radius 3 is 2.40 bits per heavy atom. The van der Waals surface area contributed by atoms with Crippen molar-refractivity contribution in [2.45, 2.75) is 30.9 Å². The first-order chi connectivity index (χ1) is 9.29. The second-order valence-electron chi connectivity index (χ2n) is 4.78. The molecule has 20 heavy (non-hydrogen) atoms. The predicted octanol–water partition coefficient (Wildman–Crippen LogP) is -3.11. The Hall–Kier alpha value is -1.26. The van der Waals surface area contributed by atoms with E-state index >= 15 is 0 Å². The molecule has 1 aliphatic heterocycles. The molecule has 0 bridgehead atoms. The summed E-state index contributed by atoms with van der Waals surface area (Å²) in [7, 11) is 2.89. The van der Waals surface area contributed by atoms with Crippen molar-refractivity contribution in [3.63, 3.8) is 0 Å². The fourth-order valence-electron chi connectivity index (χ4n) is 1.87. The third kappa shape index (κ3) is 3.64. The Balaban J connectivity index is 2.53. The summed E-state index contributed by atoms with van der Waals surface area (Å²) in [6, 6.07) is -0.468. The second kappa shape index (κ2) is 6.95. The highest BCUT2D eigenvalue weighted by atomic mass is 16.4. The highest BCUT2D eigenvalue weighted by molar-refractivity contribution is 5.96. The van der Waals surface area contributed by atoms with Crippen LogP contribution in [0.3, 0.4) is 0 Å². The number of urea groups is 1. The molecule has 9 heteroatoms. The number of carbonyl (C=O) groups excluding carboxylic acids is 2. The van der Waals surface area contributed by atoms with Crippen LogP contribution in [-0.4, -0.2) is 93.9 Å². The van der Waals surface area contributed by atoms with Crippen molar-refractivity contribution in [1.29, 1.82) is 0 Å². The molecule has 9 nitrogen and oxygen atoms in total. The summed E-state index contributed by atoms with van der Waals surface area (Å²) in [4.78, 5) is 25.5. The normalized spacial score (nSPS) is 24.8. The lowest BCUT2D eigenvalue weighted by Gasteiger charge is -2.37. The van der Waals surface area contributed by atoms with Crippen molar-refractivity contribution in [2.24, 2.45) is 0 Å². The highest BCUT2D eigenvalue weighted by Gasteiger charge is 2.35. The van der Waals surface area contributed by atoms with Crippen LogP contribution in [0.25, 0.3) is 0 Å². The zero-order valence-corrected chi connectivity index (χ0v) is 11.4. The van der Waals surface area contributed by atoms with Gasteiger partial charge in [-0.1, -0.05) is 0 Å². The second-order valence-corrected chi connectivity index (χ2v) is 4.78. The van der Waals surface area contributed by atoms with E-state index in [1.807, 2.05) is 0 Å². The van der Waals surface area contributed by atoms with Crippen molar-refractivity contribution in [3.8, 4) is 0 Å². The lowest BCUT2D eigenvalue weighted by Crippen LogP contribution is -2.60. The van der Waals surface area contributed by atoms with Crippen LogP contribution in [-0.2, 0) is 4.79 Å². The molecule has 0 saturated carbocycles. The van der Waals surface area contributed by atoms with E-state index < -0.39 is 37.1 Å². The van der Waals surface area contributed by atoms with Crippen molar-refractivity contribution in [2.75, 3.05) is 27.2 Å². The topological polar surface area (TPSA) is 134 Å². The largest absolute Gasteiger partial charge is 0.394 e. The number of carbonyl (C=O) groups is 2. The predicted molar refractivity (Wildman–Crippen MR) is 67.4 cm³/mol. The molecule has 4 atom stereocenters. The standard InChI is InChI=1S/C11H21N3O6/c1-13-8(3-9(18)14(2)11(13)20)12-4-6(16)10(19)7(17)5-15/h6-8,10,12,15-17,19H,3-5H2,1-2H3/t6-,7-,8?,10+/m1/s1. The Morgan fingerprint density at radius 2 is 1.85 bits per heavy atom. The zero-order chi connectivity index (χ0) is 15.4. The lowest BCUT2D eigenvalue weighted by molar-refractivity contribution is -0.131. The summed E-state index contributed by atoms with van der Waals surface area (Å²) in [5.74, 6) is -0.351. The van der Waals surface area contributed by atoms with Gasteiger partial charge in [-0.25, -0.2) is 4.79 Å². The van der Waals surface area contributed by atoms with Gasteiger partial charge in [-0.2, -0.15) is 0 Å². The Labute approximate surface area is 116 Å². The van der Waals surface area contributed by atoms with Gasteiger partial charge in [0.2, 0.25) is 5.91 Å². The van der Waals surface area contributed by atoms with Crippen LogP contribution in [0.2, 0.25) is 0 Å². The Morgan fingerprint density at radius 1 is 1.25 bits per heavy atom. The minimum absolute atomic E-state index is 0.0457. The number of hydrogen-bond donors (Lipinski definition) is 5. The van der Waals surface area contributed by atoms with E-state index in [1.165, 1.54) is 19.0 Å². The third-order valence-electron chi connectivity index (χ3n) is 3.34. The molecule has 1 rings (SSSR count). The van der Waals surface area contributed by atoms with E-state index in [4.69, 9.17) is 5.11 Å². The quantitative estimate of drug-likeness (QED) is 0.350. The monoisotopic (exact) mass is 291 g/mol. The number of nitrogens with one attached hydrogen (secondary N) is 1. The first-order valence-corrected chi connectivity index (χ1v) is 6.21. The highest BCUT2D eigenvalue weighted by Crippen LogP contribution is 2.12. The molecular weight excluding hydrogens is 270 g/mol. The number of aliphatic hydroxyl groups excluding tert-OH is 4. The first kappa shape index (κ1) is 16.8. The van der Waals surface area contributed by atoms with E-state index in [0.717, 1.165) is 4.90 Å². The van der Waals surface area contributed by atoms with Gasteiger partial charge in [0.15, 0.2) is 0 Å². The molecular formula is C11H21N3O6. The summed E-state index contributed by atoms with van der Waals surface area (Å²) < 4.78 is 0. The molecule has 0 aromatic heterocycles. The van der Waals surface area contributed by atoms with Crippen LogP contribution < -0.4 is 5.32 Å². The van der Waals surface area contributed by atoms with Crippen molar-refractivity contribution < 1.29 is 30.0 Å². The fourth-order valence-corrected chi connectivity index (χ4v) is 1.87. The number of amides is 3. The number of nitrogens with zero attached hydrogens (tertiary/aromatic N) is 2. The molecule has 5 N–H and O–H groups in total. The molecule has 116 valence electrons. The van der Waals surface area contributed by atoms with E-state index in [2.05, 4.69) is 5.32 Å². The summed E-state index contributed by atoms with van der Waals surface area (Å²) in [6.45, 7) is -0.819. The molecule has 1 heterocycles. The lowest BCUT2D eigenvalue weighted by atomic mass is 10.1. The van der Waals surface area contributed by atoms with Gasteiger partial charge in [0.05, 0.1) is 25.3 Å². The van der Waals surface area contributed by atoms with Crippen LogP contribution in [0.4, 0.5) is 4.79 Å². The van der Waals surface area contributed by atoms with Crippen LogP contribution >= 0.6 is 0 Å². The van der Waals surface area contributed by atoms with Crippen LogP contribution in [0, 0.1) is 0 Å². The maximum atomic E-state index is 11.7. The summed E-state index contributed by atoms with van der Waals surface area (Å²) in [6.07, 6.45) is -4.86. The van der Waals surface area contributed by atoms with E-state index in [-0.39, 0.29) is 18.9 Å². The fraction of sp³-hybridized carbons (Fsp3) is 0.818. The molecule has 0 spiro atoms. The molecule has 0 aromatic carbocycles. The maximum absolute atomic E-state index is 11.7.